The summed E-state index contributed by atoms with van der Waals surface area (Å²) in [6.45, 7) is 1.80. The van der Waals surface area contributed by atoms with Gasteiger partial charge in [-0.25, -0.2) is 4.39 Å². The van der Waals surface area contributed by atoms with Gasteiger partial charge in [0.25, 0.3) is 5.89 Å². The molecule has 0 radical (unpaired) electrons. The van der Waals surface area contributed by atoms with Crippen LogP contribution in [-0.2, 0) is 11.2 Å². The molecule has 3 aromatic rings. The number of aryl methyl sites for hydroxylation is 2. The van der Waals surface area contributed by atoms with E-state index in [-0.39, 0.29) is 18.1 Å². The molecule has 0 spiro atoms. The first-order valence-electron chi connectivity index (χ1n) is 7.04. The van der Waals surface area contributed by atoms with Crippen molar-refractivity contribution in [2.45, 2.75) is 19.8 Å². The zero-order chi connectivity index (χ0) is 16.2. The Kier molecular flexibility index (Phi) is 4.18. The number of nitrogens with zero attached hydrogens (tertiary/aromatic N) is 2. The van der Waals surface area contributed by atoms with Gasteiger partial charge < -0.3 is 14.2 Å². The molecule has 1 N–H and O–H groups in total. The summed E-state index contributed by atoms with van der Waals surface area (Å²) in [5, 5.41) is 10.5. The number of benzene rings is 1. The van der Waals surface area contributed by atoms with Crippen molar-refractivity contribution >= 4 is 11.6 Å². The average molecular weight is 315 g/mol. The van der Waals surface area contributed by atoms with E-state index >= 15 is 0 Å². The fourth-order valence-corrected chi connectivity index (χ4v) is 2.05. The van der Waals surface area contributed by atoms with Gasteiger partial charge in [0.15, 0.2) is 0 Å². The van der Waals surface area contributed by atoms with Gasteiger partial charge in [-0.3, -0.25) is 4.79 Å². The van der Waals surface area contributed by atoms with Crippen molar-refractivity contribution < 1.29 is 18.0 Å². The van der Waals surface area contributed by atoms with Crippen LogP contribution in [0.2, 0.25) is 0 Å². The molecule has 7 heteroatoms. The highest BCUT2D eigenvalue weighted by Crippen LogP contribution is 2.23. The van der Waals surface area contributed by atoms with Crippen LogP contribution in [0.1, 0.15) is 18.1 Å². The fourth-order valence-electron chi connectivity index (χ4n) is 2.05. The second-order valence-corrected chi connectivity index (χ2v) is 4.95. The molecule has 0 aliphatic heterocycles. The van der Waals surface area contributed by atoms with E-state index in [0.29, 0.717) is 29.6 Å². The van der Waals surface area contributed by atoms with Crippen molar-refractivity contribution in [3.05, 3.63) is 54.1 Å². The van der Waals surface area contributed by atoms with E-state index in [2.05, 4.69) is 15.5 Å². The number of anilines is 1. The average Bonchev–Trinajstić information content (AvgIpc) is 3.16. The highest BCUT2D eigenvalue weighted by molar-refractivity contribution is 5.90. The highest BCUT2D eigenvalue weighted by atomic mass is 19.1. The van der Waals surface area contributed by atoms with E-state index < -0.39 is 0 Å². The smallest absolute Gasteiger partial charge is 0.251 e. The monoisotopic (exact) mass is 315 g/mol. The molecule has 0 saturated carbocycles. The van der Waals surface area contributed by atoms with Gasteiger partial charge in [-0.15, -0.1) is 10.2 Å². The maximum absolute atomic E-state index is 12.8. The summed E-state index contributed by atoms with van der Waals surface area (Å²) in [5.74, 6) is 0.862. The normalized spacial score (nSPS) is 10.7. The third-order valence-corrected chi connectivity index (χ3v) is 3.25. The predicted octanol–water partition coefficient (Wildman–Crippen LogP) is 3.35. The van der Waals surface area contributed by atoms with Crippen LogP contribution in [0, 0.1) is 12.7 Å². The molecule has 2 aromatic heterocycles. The molecule has 1 amide bonds. The SMILES string of the molecule is Cc1occc1-c1nnc(CCC(=O)Nc2ccc(F)cc2)o1. The Bertz CT molecular complexity index is 808. The van der Waals surface area contributed by atoms with Gasteiger partial charge in [0.1, 0.15) is 11.6 Å². The molecule has 0 aliphatic rings. The van der Waals surface area contributed by atoms with E-state index in [1.807, 2.05) is 0 Å². The number of hydrogen-bond donors (Lipinski definition) is 1. The molecule has 0 bridgehead atoms. The third-order valence-electron chi connectivity index (χ3n) is 3.25. The summed E-state index contributed by atoms with van der Waals surface area (Å²) in [6.07, 6.45) is 2.05. The largest absolute Gasteiger partial charge is 0.469 e. The van der Waals surface area contributed by atoms with Crippen molar-refractivity contribution in [1.29, 1.82) is 0 Å². The molecule has 3 rings (SSSR count). The second kappa shape index (κ2) is 6.43. The Morgan fingerprint density at radius 2 is 2.00 bits per heavy atom. The second-order valence-electron chi connectivity index (χ2n) is 4.95. The van der Waals surface area contributed by atoms with Gasteiger partial charge in [-0.2, -0.15) is 0 Å². The number of hydrogen-bond acceptors (Lipinski definition) is 5. The number of aromatic nitrogens is 2. The van der Waals surface area contributed by atoms with Gasteiger partial charge in [0.2, 0.25) is 11.8 Å². The molecule has 1 aromatic carbocycles. The van der Waals surface area contributed by atoms with Crippen molar-refractivity contribution in [2.24, 2.45) is 0 Å². The lowest BCUT2D eigenvalue weighted by atomic mass is 10.2. The summed E-state index contributed by atoms with van der Waals surface area (Å²) < 4.78 is 23.5. The maximum Gasteiger partial charge on any atom is 0.251 e. The van der Waals surface area contributed by atoms with Crippen molar-refractivity contribution in [3.63, 3.8) is 0 Å². The molecule has 0 atom stereocenters. The van der Waals surface area contributed by atoms with Crippen LogP contribution in [0.3, 0.4) is 0 Å². The van der Waals surface area contributed by atoms with Crippen LogP contribution >= 0.6 is 0 Å². The highest BCUT2D eigenvalue weighted by Gasteiger charge is 2.13. The Labute approximate surface area is 131 Å². The quantitative estimate of drug-likeness (QED) is 0.781. The van der Waals surface area contributed by atoms with Crippen LogP contribution < -0.4 is 5.32 Å². The van der Waals surface area contributed by atoms with Crippen LogP contribution in [0.5, 0.6) is 0 Å². The van der Waals surface area contributed by atoms with Crippen LogP contribution in [0.4, 0.5) is 10.1 Å². The predicted molar refractivity (Wildman–Crippen MR) is 80.1 cm³/mol. The van der Waals surface area contributed by atoms with Crippen LogP contribution in [0.15, 0.2) is 45.4 Å². The minimum Gasteiger partial charge on any atom is -0.469 e. The molecule has 23 heavy (non-hydrogen) atoms. The number of furan rings is 1. The Morgan fingerprint density at radius 1 is 1.22 bits per heavy atom. The number of carbonyl (C=O) groups excluding carboxylic acids is 1. The summed E-state index contributed by atoms with van der Waals surface area (Å²) in [4.78, 5) is 11.9. The van der Waals surface area contributed by atoms with E-state index in [9.17, 15) is 9.18 Å². The van der Waals surface area contributed by atoms with E-state index in [1.54, 1.807) is 19.3 Å². The lowest BCUT2D eigenvalue weighted by Gasteiger charge is -2.03. The standard InChI is InChI=1S/C16H14FN3O3/c1-10-13(8-9-22-10)16-20-19-15(23-16)7-6-14(21)18-12-4-2-11(17)3-5-12/h2-5,8-9H,6-7H2,1H3,(H,18,21). The molecule has 2 heterocycles. The van der Waals surface area contributed by atoms with Crippen LogP contribution in [0.25, 0.3) is 11.5 Å². The number of nitrogens with one attached hydrogen (secondary N) is 1. The van der Waals surface area contributed by atoms with Crippen LogP contribution in [-0.4, -0.2) is 16.1 Å². The number of carbonyl (C=O) groups is 1. The van der Waals surface area contributed by atoms with Gasteiger partial charge >= 0.3 is 0 Å². The summed E-state index contributed by atoms with van der Waals surface area (Å²) in [7, 11) is 0. The van der Waals surface area contributed by atoms with Crippen molar-refractivity contribution in [2.75, 3.05) is 5.32 Å². The summed E-state index contributed by atoms with van der Waals surface area (Å²) >= 11 is 0. The first-order chi connectivity index (χ1) is 11.1. The molecular formula is C16H14FN3O3. The number of rotatable bonds is 5. The number of halogens is 1. The lowest BCUT2D eigenvalue weighted by molar-refractivity contribution is -0.116. The molecular weight excluding hydrogens is 301 g/mol. The minimum atomic E-state index is -0.351. The summed E-state index contributed by atoms with van der Waals surface area (Å²) in [5.41, 5.74) is 1.27. The molecule has 0 fully saturated rings. The lowest BCUT2D eigenvalue weighted by Crippen LogP contribution is -2.12. The van der Waals surface area contributed by atoms with Gasteiger partial charge in [0.05, 0.1) is 11.8 Å². The van der Waals surface area contributed by atoms with Gasteiger partial charge in [-0.1, -0.05) is 0 Å². The molecule has 0 unspecified atom stereocenters. The Balaban J connectivity index is 1.56. The summed E-state index contributed by atoms with van der Waals surface area (Å²) in [6, 6.07) is 7.31. The first-order valence-corrected chi connectivity index (χ1v) is 7.04. The maximum atomic E-state index is 12.8. The van der Waals surface area contributed by atoms with Gasteiger partial charge in [-0.05, 0) is 37.3 Å². The zero-order valence-corrected chi connectivity index (χ0v) is 12.4. The molecule has 118 valence electrons. The molecule has 6 nitrogen and oxygen atoms in total. The number of amides is 1. The molecule has 0 saturated heterocycles. The van der Waals surface area contributed by atoms with E-state index in [4.69, 9.17) is 8.83 Å². The topological polar surface area (TPSA) is 81.2 Å². The van der Waals surface area contributed by atoms with E-state index in [0.717, 1.165) is 5.56 Å². The van der Waals surface area contributed by atoms with Crippen molar-refractivity contribution in [3.8, 4) is 11.5 Å². The minimum absolute atomic E-state index is 0.184. The Hall–Kier alpha value is -2.96. The van der Waals surface area contributed by atoms with Crippen molar-refractivity contribution in [1.82, 2.24) is 10.2 Å². The van der Waals surface area contributed by atoms with Gasteiger partial charge in [0, 0.05) is 18.5 Å². The van der Waals surface area contributed by atoms with E-state index in [1.165, 1.54) is 24.3 Å². The Morgan fingerprint density at radius 3 is 2.70 bits per heavy atom. The first kappa shape index (κ1) is 15.0. The fraction of sp³-hybridized carbons (Fsp3) is 0.188. The zero-order valence-electron chi connectivity index (χ0n) is 12.4. The third kappa shape index (κ3) is 3.63. The molecule has 0 aliphatic carbocycles.